The second kappa shape index (κ2) is 8.30. The van der Waals surface area contributed by atoms with Crippen LogP contribution < -0.4 is 0 Å². The van der Waals surface area contributed by atoms with Crippen LogP contribution in [0.3, 0.4) is 0 Å². The summed E-state index contributed by atoms with van der Waals surface area (Å²) in [6.45, 7) is 9.51. The van der Waals surface area contributed by atoms with Gasteiger partial charge in [-0.25, -0.2) is 4.98 Å². The highest BCUT2D eigenvalue weighted by atomic mass is 16.5. The fourth-order valence-electron chi connectivity index (χ4n) is 2.36. The fraction of sp³-hybridized carbons (Fsp3) is 0.786. The lowest BCUT2D eigenvalue weighted by Crippen LogP contribution is -2.37. The van der Waals surface area contributed by atoms with Gasteiger partial charge in [0.2, 0.25) is 0 Å². The first-order valence-electron chi connectivity index (χ1n) is 7.28. The Morgan fingerprint density at radius 1 is 1.32 bits per heavy atom. The van der Waals surface area contributed by atoms with Gasteiger partial charge in [0.05, 0.1) is 19.8 Å². The van der Waals surface area contributed by atoms with Crippen molar-refractivity contribution in [2.24, 2.45) is 0 Å². The maximum Gasteiger partial charge on any atom is 0.108 e. The van der Waals surface area contributed by atoms with Crippen LogP contribution in [0, 0.1) is 0 Å². The van der Waals surface area contributed by atoms with Crippen LogP contribution >= 0.6 is 0 Å². The van der Waals surface area contributed by atoms with Gasteiger partial charge in [-0.05, 0) is 19.9 Å². The van der Waals surface area contributed by atoms with Crippen molar-refractivity contribution in [1.29, 1.82) is 0 Å². The molecule has 2 heterocycles. The molecular weight excluding hydrogens is 242 g/mol. The first-order valence-corrected chi connectivity index (χ1v) is 7.28. The molecule has 0 N–H and O–H groups in total. The zero-order chi connectivity index (χ0) is 13.3. The molecule has 0 spiro atoms. The monoisotopic (exact) mass is 267 g/mol. The van der Waals surface area contributed by atoms with Gasteiger partial charge in [0.25, 0.3) is 0 Å². The summed E-state index contributed by atoms with van der Waals surface area (Å²) in [7, 11) is 0. The smallest absolute Gasteiger partial charge is 0.108 e. The van der Waals surface area contributed by atoms with E-state index in [-0.39, 0.29) is 0 Å². The van der Waals surface area contributed by atoms with E-state index in [2.05, 4.69) is 14.5 Å². The largest absolute Gasteiger partial charge is 0.380 e. The predicted octanol–water partition coefficient (Wildman–Crippen LogP) is 1.18. The van der Waals surface area contributed by atoms with Crippen LogP contribution in [0.15, 0.2) is 12.4 Å². The average molecular weight is 267 g/mol. The standard InChI is InChI=1S/C14H25N3O2/c1-2-18-13-10-17-7-5-15-14(17)4-3-6-16-8-11-19-12-9-16/h5,7H,2-4,6,8-13H2,1H3. The van der Waals surface area contributed by atoms with Gasteiger partial charge in [-0.15, -0.1) is 0 Å². The molecule has 5 heteroatoms. The number of aryl methyl sites for hydroxylation is 1. The van der Waals surface area contributed by atoms with Crippen LogP contribution in [-0.2, 0) is 22.4 Å². The van der Waals surface area contributed by atoms with Crippen molar-refractivity contribution in [2.45, 2.75) is 26.3 Å². The summed E-state index contributed by atoms with van der Waals surface area (Å²) in [5, 5.41) is 0. The molecule has 0 atom stereocenters. The zero-order valence-corrected chi connectivity index (χ0v) is 11.9. The SMILES string of the molecule is CCOCCn1ccnc1CCCN1CCOCC1. The summed E-state index contributed by atoms with van der Waals surface area (Å²) in [4.78, 5) is 6.91. The third kappa shape index (κ3) is 4.93. The molecule has 2 rings (SSSR count). The highest BCUT2D eigenvalue weighted by Gasteiger charge is 2.10. The van der Waals surface area contributed by atoms with E-state index in [4.69, 9.17) is 9.47 Å². The Bertz CT molecular complexity index is 348. The van der Waals surface area contributed by atoms with E-state index in [9.17, 15) is 0 Å². The van der Waals surface area contributed by atoms with Crippen molar-refractivity contribution in [3.05, 3.63) is 18.2 Å². The lowest BCUT2D eigenvalue weighted by molar-refractivity contribution is 0.0374. The van der Waals surface area contributed by atoms with E-state index in [0.29, 0.717) is 0 Å². The second-order valence-corrected chi connectivity index (χ2v) is 4.79. The Balaban J connectivity index is 1.68. The molecule has 0 unspecified atom stereocenters. The molecule has 0 saturated carbocycles. The number of ether oxygens (including phenoxy) is 2. The van der Waals surface area contributed by atoms with Crippen molar-refractivity contribution in [2.75, 3.05) is 46.1 Å². The van der Waals surface area contributed by atoms with Gasteiger partial charge in [0.1, 0.15) is 5.82 Å². The minimum atomic E-state index is 0.767. The highest BCUT2D eigenvalue weighted by molar-refractivity contribution is 4.92. The van der Waals surface area contributed by atoms with Crippen LogP contribution in [-0.4, -0.2) is 60.5 Å². The lowest BCUT2D eigenvalue weighted by Gasteiger charge is -2.26. The molecule has 1 fully saturated rings. The molecule has 19 heavy (non-hydrogen) atoms. The molecule has 1 saturated heterocycles. The van der Waals surface area contributed by atoms with Crippen LogP contribution in [0.1, 0.15) is 19.2 Å². The van der Waals surface area contributed by atoms with Crippen molar-refractivity contribution < 1.29 is 9.47 Å². The molecule has 1 aromatic rings. The first-order chi connectivity index (χ1) is 9.40. The number of nitrogens with zero attached hydrogens (tertiary/aromatic N) is 3. The summed E-state index contributed by atoms with van der Waals surface area (Å²) >= 11 is 0. The zero-order valence-electron chi connectivity index (χ0n) is 11.9. The van der Waals surface area contributed by atoms with Gasteiger partial charge in [0, 0.05) is 45.1 Å². The van der Waals surface area contributed by atoms with Crippen LogP contribution in [0.2, 0.25) is 0 Å². The van der Waals surface area contributed by atoms with E-state index in [1.165, 1.54) is 5.82 Å². The Hall–Kier alpha value is -0.910. The quantitative estimate of drug-likeness (QED) is 0.663. The molecule has 0 aliphatic carbocycles. The van der Waals surface area contributed by atoms with Gasteiger partial charge in [0.15, 0.2) is 0 Å². The summed E-state index contributed by atoms with van der Waals surface area (Å²) < 4.78 is 12.9. The molecule has 0 amide bonds. The Morgan fingerprint density at radius 3 is 2.95 bits per heavy atom. The average Bonchev–Trinajstić information content (AvgIpc) is 2.88. The lowest BCUT2D eigenvalue weighted by atomic mass is 10.2. The maximum absolute atomic E-state index is 5.39. The normalized spacial score (nSPS) is 16.9. The van der Waals surface area contributed by atoms with Crippen molar-refractivity contribution in [3.63, 3.8) is 0 Å². The van der Waals surface area contributed by atoms with E-state index in [0.717, 1.165) is 65.4 Å². The van der Waals surface area contributed by atoms with E-state index in [1.54, 1.807) is 0 Å². The molecule has 0 aromatic carbocycles. The number of aromatic nitrogens is 2. The number of morpholine rings is 1. The summed E-state index contributed by atoms with van der Waals surface area (Å²) in [5.74, 6) is 1.17. The van der Waals surface area contributed by atoms with E-state index >= 15 is 0 Å². The minimum absolute atomic E-state index is 0.767. The molecule has 1 aliphatic rings. The van der Waals surface area contributed by atoms with E-state index in [1.807, 2.05) is 19.3 Å². The molecular formula is C14H25N3O2. The third-order valence-corrected chi connectivity index (χ3v) is 3.46. The molecule has 1 aromatic heterocycles. The number of rotatable bonds is 8. The van der Waals surface area contributed by atoms with Crippen molar-refractivity contribution in [1.82, 2.24) is 14.5 Å². The fourth-order valence-corrected chi connectivity index (χ4v) is 2.36. The Morgan fingerprint density at radius 2 is 2.16 bits per heavy atom. The number of hydrogen-bond acceptors (Lipinski definition) is 4. The van der Waals surface area contributed by atoms with Gasteiger partial charge in [-0.2, -0.15) is 0 Å². The number of hydrogen-bond donors (Lipinski definition) is 0. The topological polar surface area (TPSA) is 39.5 Å². The van der Waals surface area contributed by atoms with Crippen molar-refractivity contribution >= 4 is 0 Å². The highest BCUT2D eigenvalue weighted by Crippen LogP contribution is 2.04. The number of imidazole rings is 1. The van der Waals surface area contributed by atoms with Gasteiger partial charge in [-0.1, -0.05) is 0 Å². The first kappa shape index (κ1) is 14.5. The van der Waals surface area contributed by atoms with Crippen molar-refractivity contribution in [3.8, 4) is 0 Å². The summed E-state index contributed by atoms with van der Waals surface area (Å²) in [5.41, 5.74) is 0. The van der Waals surface area contributed by atoms with Crippen LogP contribution in [0.25, 0.3) is 0 Å². The molecule has 5 nitrogen and oxygen atoms in total. The van der Waals surface area contributed by atoms with Crippen LogP contribution in [0.4, 0.5) is 0 Å². The third-order valence-electron chi connectivity index (χ3n) is 3.46. The molecule has 108 valence electrons. The minimum Gasteiger partial charge on any atom is -0.380 e. The second-order valence-electron chi connectivity index (χ2n) is 4.79. The predicted molar refractivity (Wildman–Crippen MR) is 74.3 cm³/mol. The summed E-state index contributed by atoms with van der Waals surface area (Å²) in [6.07, 6.45) is 6.13. The van der Waals surface area contributed by atoms with Crippen LogP contribution in [0.5, 0.6) is 0 Å². The van der Waals surface area contributed by atoms with Gasteiger partial charge >= 0.3 is 0 Å². The summed E-state index contributed by atoms with van der Waals surface area (Å²) in [6, 6.07) is 0. The van der Waals surface area contributed by atoms with Gasteiger partial charge < -0.3 is 14.0 Å². The molecule has 0 bridgehead atoms. The van der Waals surface area contributed by atoms with Gasteiger partial charge in [-0.3, -0.25) is 4.90 Å². The molecule has 0 radical (unpaired) electrons. The Kier molecular flexibility index (Phi) is 6.33. The Labute approximate surface area is 115 Å². The van der Waals surface area contributed by atoms with E-state index < -0.39 is 0 Å². The maximum atomic E-state index is 5.39. The molecule has 1 aliphatic heterocycles.